The molecule has 1 aromatic rings. The fraction of sp³-hybridized carbons (Fsp3) is 0.533. The predicted molar refractivity (Wildman–Crippen MR) is 71.7 cm³/mol. The Labute approximate surface area is 108 Å². The molecule has 1 atom stereocenters. The van der Waals surface area contributed by atoms with E-state index in [2.05, 4.69) is 25.1 Å². The Hall–Kier alpha value is -1.35. The van der Waals surface area contributed by atoms with Crippen LogP contribution in [0.2, 0.25) is 0 Å². The van der Waals surface area contributed by atoms with E-state index >= 15 is 0 Å². The van der Waals surface area contributed by atoms with Crippen LogP contribution in [0.25, 0.3) is 0 Å². The first-order valence-corrected chi connectivity index (χ1v) is 6.40. The molecule has 0 aliphatic heterocycles. The van der Waals surface area contributed by atoms with Crippen molar-refractivity contribution in [2.24, 2.45) is 0 Å². The molecule has 2 rings (SSSR count). The molecule has 3 nitrogen and oxygen atoms in total. The first-order valence-electron chi connectivity index (χ1n) is 6.40. The highest BCUT2D eigenvalue weighted by Crippen LogP contribution is 2.38. The van der Waals surface area contributed by atoms with E-state index in [1.165, 1.54) is 16.7 Å². The van der Waals surface area contributed by atoms with E-state index in [9.17, 15) is 9.90 Å². The molecule has 98 valence electrons. The van der Waals surface area contributed by atoms with Gasteiger partial charge in [0, 0.05) is 6.04 Å². The lowest BCUT2D eigenvalue weighted by atomic mass is 9.97. The lowest BCUT2D eigenvalue weighted by Gasteiger charge is -2.36. The smallest absolute Gasteiger partial charge is 0.323 e. The van der Waals surface area contributed by atoms with Crippen molar-refractivity contribution in [3.8, 4) is 0 Å². The van der Waals surface area contributed by atoms with Gasteiger partial charge in [-0.1, -0.05) is 23.8 Å². The third kappa shape index (κ3) is 2.03. The van der Waals surface area contributed by atoms with Crippen molar-refractivity contribution in [2.75, 3.05) is 7.05 Å². The molecule has 0 saturated heterocycles. The molecule has 0 spiro atoms. The number of nitrogens with zero attached hydrogens (tertiary/aromatic N) is 1. The van der Waals surface area contributed by atoms with Gasteiger partial charge in [-0.15, -0.1) is 0 Å². The second-order valence-electron chi connectivity index (χ2n) is 5.73. The number of aliphatic carboxylic acids is 1. The van der Waals surface area contributed by atoms with E-state index in [1.807, 2.05) is 11.9 Å². The minimum atomic E-state index is -0.837. The maximum atomic E-state index is 11.4. The van der Waals surface area contributed by atoms with Gasteiger partial charge >= 0.3 is 5.97 Å². The van der Waals surface area contributed by atoms with Gasteiger partial charge in [0.05, 0.1) is 0 Å². The molecule has 0 heterocycles. The van der Waals surface area contributed by atoms with Gasteiger partial charge in [-0.2, -0.15) is 0 Å². The van der Waals surface area contributed by atoms with Crippen LogP contribution in [0.1, 0.15) is 43.0 Å². The van der Waals surface area contributed by atoms with Crippen molar-refractivity contribution in [1.82, 2.24) is 4.90 Å². The number of aryl methyl sites for hydroxylation is 2. The average molecular weight is 247 g/mol. The normalized spacial score (nSPS) is 19.1. The van der Waals surface area contributed by atoms with Crippen LogP contribution in [0.5, 0.6) is 0 Å². The third-order valence-corrected chi connectivity index (χ3v) is 4.22. The molecule has 1 aliphatic rings. The molecule has 0 amide bonds. The number of carboxylic acids is 1. The predicted octanol–water partition coefficient (Wildman–Crippen LogP) is 2.78. The number of fused-ring (bicyclic) bond motifs is 1. The lowest BCUT2D eigenvalue weighted by Crippen LogP contribution is -2.49. The average Bonchev–Trinajstić information content (AvgIpc) is 2.70. The summed E-state index contributed by atoms with van der Waals surface area (Å²) < 4.78 is 0. The molecule has 1 unspecified atom stereocenters. The van der Waals surface area contributed by atoms with Crippen molar-refractivity contribution in [3.63, 3.8) is 0 Å². The molecular weight excluding hydrogens is 226 g/mol. The Balaban J connectivity index is 2.34. The van der Waals surface area contributed by atoms with E-state index in [0.29, 0.717) is 0 Å². The molecule has 18 heavy (non-hydrogen) atoms. The zero-order valence-electron chi connectivity index (χ0n) is 11.5. The van der Waals surface area contributed by atoms with Gasteiger partial charge in [-0.05, 0) is 51.8 Å². The molecule has 3 heteroatoms. The molecule has 1 N–H and O–H groups in total. The fourth-order valence-corrected chi connectivity index (χ4v) is 2.64. The van der Waals surface area contributed by atoms with Crippen molar-refractivity contribution >= 4 is 5.97 Å². The summed E-state index contributed by atoms with van der Waals surface area (Å²) in [5.74, 6) is -0.772. The first kappa shape index (κ1) is 13.1. The molecule has 1 aromatic carbocycles. The molecule has 0 aromatic heterocycles. The van der Waals surface area contributed by atoms with Gasteiger partial charge in [-0.25, -0.2) is 0 Å². The van der Waals surface area contributed by atoms with Crippen molar-refractivity contribution in [1.29, 1.82) is 0 Å². The van der Waals surface area contributed by atoms with Crippen LogP contribution in [0.3, 0.4) is 0 Å². The summed E-state index contributed by atoms with van der Waals surface area (Å²) >= 11 is 0. The molecule has 0 bridgehead atoms. The maximum Gasteiger partial charge on any atom is 0.323 e. The molecule has 1 aliphatic carbocycles. The maximum absolute atomic E-state index is 11.4. The number of carboxylic acid groups (broad SMARTS) is 1. The van der Waals surface area contributed by atoms with E-state index in [4.69, 9.17) is 0 Å². The molecule has 0 fully saturated rings. The summed E-state index contributed by atoms with van der Waals surface area (Å²) in [6, 6.07) is 6.71. The Morgan fingerprint density at radius 2 is 2.11 bits per heavy atom. The summed E-state index contributed by atoms with van der Waals surface area (Å²) in [6.45, 7) is 5.62. The van der Waals surface area contributed by atoms with E-state index in [1.54, 1.807) is 13.8 Å². The zero-order valence-corrected chi connectivity index (χ0v) is 11.5. The van der Waals surface area contributed by atoms with Crippen LogP contribution >= 0.6 is 0 Å². The van der Waals surface area contributed by atoms with Gasteiger partial charge in [0.25, 0.3) is 0 Å². The Kier molecular flexibility index (Phi) is 3.20. The van der Waals surface area contributed by atoms with Crippen molar-refractivity contribution in [2.45, 2.75) is 45.2 Å². The van der Waals surface area contributed by atoms with Gasteiger partial charge in [0.2, 0.25) is 0 Å². The number of rotatable bonds is 3. The summed E-state index contributed by atoms with van der Waals surface area (Å²) in [5, 5.41) is 9.33. The van der Waals surface area contributed by atoms with Crippen LogP contribution in [0, 0.1) is 6.92 Å². The van der Waals surface area contributed by atoms with Crippen LogP contribution in [-0.4, -0.2) is 28.6 Å². The second kappa shape index (κ2) is 4.39. The van der Waals surface area contributed by atoms with Gasteiger partial charge in [0.15, 0.2) is 0 Å². The topological polar surface area (TPSA) is 40.5 Å². The minimum absolute atomic E-state index is 0.214. The van der Waals surface area contributed by atoms with Crippen LogP contribution in [0.15, 0.2) is 18.2 Å². The highest BCUT2D eigenvalue weighted by atomic mass is 16.4. The highest BCUT2D eigenvalue weighted by molar-refractivity contribution is 5.77. The van der Waals surface area contributed by atoms with Crippen LogP contribution < -0.4 is 0 Å². The largest absolute Gasteiger partial charge is 0.480 e. The second-order valence-corrected chi connectivity index (χ2v) is 5.73. The highest BCUT2D eigenvalue weighted by Gasteiger charge is 2.38. The fourth-order valence-electron chi connectivity index (χ4n) is 2.64. The number of benzene rings is 1. The Bertz CT molecular complexity index is 479. The minimum Gasteiger partial charge on any atom is -0.480 e. The number of hydrogen-bond acceptors (Lipinski definition) is 2. The third-order valence-electron chi connectivity index (χ3n) is 4.22. The Morgan fingerprint density at radius 1 is 1.44 bits per heavy atom. The van der Waals surface area contributed by atoms with E-state index < -0.39 is 11.5 Å². The molecule has 0 radical (unpaired) electrons. The van der Waals surface area contributed by atoms with Crippen molar-refractivity contribution in [3.05, 3.63) is 34.9 Å². The van der Waals surface area contributed by atoms with Crippen molar-refractivity contribution < 1.29 is 9.90 Å². The van der Waals surface area contributed by atoms with Gasteiger partial charge < -0.3 is 5.11 Å². The number of carbonyl (C=O) groups is 1. The zero-order chi connectivity index (χ0) is 13.5. The summed E-state index contributed by atoms with van der Waals surface area (Å²) in [5.41, 5.74) is 3.06. The lowest BCUT2D eigenvalue weighted by molar-refractivity contribution is -0.150. The summed E-state index contributed by atoms with van der Waals surface area (Å²) in [6.07, 6.45) is 2.05. The molecule has 0 saturated carbocycles. The monoisotopic (exact) mass is 247 g/mol. The van der Waals surface area contributed by atoms with Crippen LogP contribution in [0.4, 0.5) is 0 Å². The summed E-state index contributed by atoms with van der Waals surface area (Å²) in [7, 11) is 1.91. The quantitative estimate of drug-likeness (QED) is 0.893. The van der Waals surface area contributed by atoms with Gasteiger partial charge in [0.1, 0.15) is 5.54 Å². The molecular formula is C15H21NO2. The SMILES string of the molecule is Cc1ccc2c(c1)C(N(C)C(C)(C)C(=O)O)CC2. The number of hydrogen-bond donors (Lipinski definition) is 1. The van der Waals surface area contributed by atoms with Gasteiger partial charge in [-0.3, -0.25) is 9.69 Å². The first-order chi connectivity index (χ1) is 8.34. The number of likely N-dealkylation sites (N-methyl/N-ethyl adjacent to an activating group) is 1. The van der Waals surface area contributed by atoms with E-state index in [0.717, 1.165) is 12.8 Å². The summed E-state index contributed by atoms with van der Waals surface area (Å²) in [4.78, 5) is 13.3. The Morgan fingerprint density at radius 3 is 2.72 bits per heavy atom. The standard InChI is InChI=1S/C15H21NO2/c1-10-5-6-11-7-8-13(12(11)9-10)16(4)15(2,3)14(17)18/h5-6,9,13H,7-8H2,1-4H3,(H,17,18). The van der Waals surface area contributed by atoms with E-state index in [-0.39, 0.29) is 6.04 Å². The van der Waals surface area contributed by atoms with Crippen LogP contribution in [-0.2, 0) is 11.2 Å².